The van der Waals surface area contributed by atoms with Gasteiger partial charge in [-0.3, -0.25) is 0 Å². The molecular formula is C8H17NO4. The molecule has 0 heterocycles. The molecule has 78 valence electrons. The summed E-state index contributed by atoms with van der Waals surface area (Å²) in [6.45, 7) is 2.14. The minimum atomic E-state index is -0.508. The average Bonchev–Trinajstić information content (AvgIpc) is 2.17. The first-order chi connectivity index (χ1) is 6.35. The highest BCUT2D eigenvalue weighted by Crippen LogP contribution is 1.85. The lowest BCUT2D eigenvalue weighted by molar-refractivity contribution is -0.118. The van der Waals surface area contributed by atoms with Gasteiger partial charge in [-0.15, -0.1) is 0 Å². The first-order valence-corrected chi connectivity index (χ1v) is 4.18. The van der Waals surface area contributed by atoms with Crippen molar-refractivity contribution in [1.29, 1.82) is 0 Å². The Morgan fingerprint density at radius 1 is 1.31 bits per heavy atom. The molecule has 2 N–H and O–H groups in total. The van der Waals surface area contributed by atoms with E-state index in [1.54, 1.807) is 7.11 Å². The van der Waals surface area contributed by atoms with Gasteiger partial charge in [0.25, 0.3) is 0 Å². The largest absolute Gasteiger partial charge is 0.382 e. The fourth-order valence-electron chi connectivity index (χ4n) is 0.666. The molecule has 0 aromatic carbocycles. The van der Waals surface area contributed by atoms with E-state index in [-0.39, 0.29) is 6.54 Å². The molecule has 0 aliphatic carbocycles. The van der Waals surface area contributed by atoms with E-state index in [4.69, 9.17) is 19.9 Å². The van der Waals surface area contributed by atoms with E-state index in [1.165, 1.54) is 0 Å². The third-order valence-corrected chi connectivity index (χ3v) is 1.38. The van der Waals surface area contributed by atoms with Gasteiger partial charge in [0.15, 0.2) is 0 Å². The number of hydrogen-bond acceptors (Lipinski definition) is 5. The van der Waals surface area contributed by atoms with Gasteiger partial charge >= 0.3 is 0 Å². The predicted octanol–water partition coefficient (Wildman–Crippen LogP) is -0.808. The molecule has 13 heavy (non-hydrogen) atoms. The van der Waals surface area contributed by atoms with Gasteiger partial charge in [-0.2, -0.15) is 0 Å². The van der Waals surface area contributed by atoms with Gasteiger partial charge in [-0.05, 0) is 0 Å². The van der Waals surface area contributed by atoms with Crippen LogP contribution in [0.1, 0.15) is 0 Å². The van der Waals surface area contributed by atoms with Gasteiger partial charge in [0, 0.05) is 13.7 Å². The molecule has 0 spiro atoms. The van der Waals surface area contributed by atoms with Crippen LogP contribution in [0.2, 0.25) is 0 Å². The normalized spacial score (nSPS) is 12.8. The number of nitrogens with two attached hydrogens (primary N) is 1. The van der Waals surface area contributed by atoms with Crippen molar-refractivity contribution >= 4 is 6.29 Å². The highest BCUT2D eigenvalue weighted by molar-refractivity contribution is 5.56. The fourth-order valence-corrected chi connectivity index (χ4v) is 0.666. The summed E-state index contributed by atoms with van der Waals surface area (Å²) < 4.78 is 14.9. The lowest BCUT2D eigenvalue weighted by Gasteiger charge is -2.09. The second-order valence-electron chi connectivity index (χ2n) is 2.39. The zero-order valence-electron chi connectivity index (χ0n) is 7.90. The van der Waals surface area contributed by atoms with Gasteiger partial charge < -0.3 is 24.7 Å². The molecule has 0 rings (SSSR count). The van der Waals surface area contributed by atoms with Crippen LogP contribution in [-0.2, 0) is 19.0 Å². The van der Waals surface area contributed by atoms with Crippen LogP contribution in [0.3, 0.4) is 0 Å². The smallest absolute Gasteiger partial charge is 0.150 e. The molecule has 0 fully saturated rings. The maximum Gasteiger partial charge on any atom is 0.150 e. The van der Waals surface area contributed by atoms with Crippen molar-refractivity contribution in [3.8, 4) is 0 Å². The maximum absolute atomic E-state index is 10.2. The van der Waals surface area contributed by atoms with Crippen molar-refractivity contribution in [3.63, 3.8) is 0 Å². The molecular weight excluding hydrogens is 174 g/mol. The maximum atomic E-state index is 10.2. The van der Waals surface area contributed by atoms with E-state index < -0.39 is 6.10 Å². The third kappa shape index (κ3) is 7.86. The Balaban J connectivity index is 3.10. The molecule has 0 aromatic rings. The SMILES string of the molecule is COCCOCCOC(C=O)CN. The quantitative estimate of drug-likeness (QED) is 0.381. The van der Waals surface area contributed by atoms with Gasteiger partial charge in [0.1, 0.15) is 12.4 Å². The van der Waals surface area contributed by atoms with Crippen LogP contribution < -0.4 is 5.73 Å². The van der Waals surface area contributed by atoms with Gasteiger partial charge in [-0.25, -0.2) is 0 Å². The molecule has 5 heteroatoms. The molecule has 0 saturated heterocycles. The van der Waals surface area contributed by atoms with E-state index >= 15 is 0 Å². The molecule has 0 bridgehead atoms. The van der Waals surface area contributed by atoms with Crippen LogP contribution >= 0.6 is 0 Å². The van der Waals surface area contributed by atoms with Crippen LogP contribution in [0.5, 0.6) is 0 Å². The van der Waals surface area contributed by atoms with Crippen LogP contribution in [-0.4, -0.2) is 52.5 Å². The van der Waals surface area contributed by atoms with Crippen molar-refractivity contribution in [2.75, 3.05) is 40.1 Å². The second-order valence-corrected chi connectivity index (χ2v) is 2.39. The summed E-state index contributed by atoms with van der Waals surface area (Å²) in [5, 5.41) is 0. The first-order valence-electron chi connectivity index (χ1n) is 4.18. The van der Waals surface area contributed by atoms with Crippen molar-refractivity contribution < 1.29 is 19.0 Å². The molecule has 0 amide bonds. The van der Waals surface area contributed by atoms with Crippen molar-refractivity contribution in [1.82, 2.24) is 0 Å². The molecule has 0 saturated carbocycles. The Morgan fingerprint density at radius 3 is 2.54 bits per heavy atom. The summed E-state index contributed by atoms with van der Waals surface area (Å²) in [7, 11) is 1.61. The van der Waals surface area contributed by atoms with Crippen molar-refractivity contribution in [2.45, 2.75) is 6.10 Å². The third-order valence-electron chi connectivity index (χ3n) is 1.38. The Morgan fingerprint density at radius 2 is 2.00 bits per heavy atom. The van der Waals surface area contributed by atoms with Crippen LogP contribution in [0.15, 0.2) is 0 Å². The summed E-state index contributed by atoms with van der Waals surface area (Å²) in [6, 6.07) is 0. The number of aldehydes is 1. The number of carbonyl (C=O) groups is 1. The predicted molar refractivity (Wildman–Crippen MR) is 47.6 cm³/mol. The molecule has 0 aliphatic rings. The number of hydrogen-bond donors (Lipinski definition) is 1. The number of carbonyl (C=O) groups excluding carboxylic acids is 1. The zero-order valence-corrected chi connectivity index (χ0v) is 7.90. The topological polar surface area (TPSA) is 70.8 Å². The second kappa shape index (κ2) is 9.60. The average molecular weight is 191 g/mol. The Hall–Kier alpha value is -0.490. The fraction of sp³-hybridized carbons (Fsp3) is 0.875. The summed E-state index contributed by atoms with van der Waals surface area (Å²) >= 11 is 0. The summed E-state index contributed by atoms with van der Waals surface area (Å²) in [5.41, 5.74) is 5.23. The number of rotatable bonds is 9. The molecule has 1 atom stereocenters. The molecule has 0 radical (unpaired) electrons. The zero-order chi connectivity index (χ0) is 9.94. The van der Waals surface area contributed by atoms with Crippen molar-refractivity contribution in [2.24, 2.45) is 5.73 Å². The molecule has 5 nitrogen and oxygen atoms in total. The lowest BCUT2D eigenvalue weighted by atomic mass is 10.4. The van der Waals surface area contributed by atoms with Crippen LogP contribution in [0, 0.1) is 0 Å². The van der Waals surface area contributed by atoms with E-state index in [2.05, 4.69) is 0 Å². The van der Waals surface area contributed by atoms with Gasteiger partial charge in [-0.1, -0.05) is 0 Å². The van der Waals surface area contributed by atoms with E-state index in [1.807, 2.05) is 0 Å². The minimum Gasteiger partial charge on any atom is -0.382 e. The highest BCUT2D eigenvalue weighted by Gasteiger charge is 2.02. The molecule has 1 unspecified atom stereocenters. The summed E-state index contributed by atoms with van der Waals surface area (Å²) in [6.07, 6.45) is 0.181. The minimum absolute atomic E-state index is 0.210. The van der Waals surface area contributed by atoms with Crippen LogP contribution in [0.4, 0.5) is 0 Å². The molecule has 0 aliphatic heterocycles. The van der Waals surface area contributed by atoms with Gasteiger partial charge in [0.2, 0.25) is 0 Å². The van der Waals surface area contributed by atoms with E-state index in [0.29, 0.717) is 32.7 Å². The molecule has 0 aromatic heterocycles. The first kappa shape index (κ1) is 12.5. The van der Waals surface area contributed by atoms with E-state index in [0.717, 1.165) is 0 Å². The van der Waals surface area contributed by atoms with Gasteiger partial charge in [0.05, 0.1) is 26.4 Å². The Bertz CT molecular complexity index is 121. The Kier molecular flexibility index (Phi) is 9.24. The highest BCUT2D eigenvalue weighted by atomic mass is 16.5. The van der Waals surface area contributed by atoms with Crippen molar-refractivity contribution in [3.05, 3.63) is 0 Å². The Labute approximate surface area is 78.1 Å². The standard InChI is InChI=1S/C8H17NO4/c1-11-2-3-12-4-5-13-8(6-9)7-10/h7-8H,2-6,9H2,1H3. The van der Waals surface area contributed by atoms with Crippen LogP contribution in [0.25, 0.3) is 0 Å². The summed E-state index contributed by atoms with van der Waals surface area (Å²) in [4.78, 5) is 10.2. The number of ether oxygens (including phenoxy) is 3. The number of methoxy groups -OCH3 is 1. The summed E-state index contributed by atoms with van der Waals surface area (Å²) in [5.74, 6) is 0. The monoisotopic (exact) mass is 191 g/mol. The van der Waals surface area contributed by atoms with E-state index in [9.17, 15) is 4.79 Å². The lowest BCUT2D eigenvalue weighted by Crippen LogP contribution is -2.26.